The third-order valence-corrected chi connectivity index (χ3v) is 6.04. The molecule has 2 heterocycles. The molecule has 0 radical (unpaired) electrons. The molecule has 194 valence electrons. The van der Waals surface area contributed by atoms with Crippen LogP contribution in [0.3, 0.4) is 0 Å². The summed E-state index contributed by atoms with van der Waals surface area (Å²) in [4.78, 5) is 20.7. The van der Waals surface area contributed by atoms with Crippen molar-refractivity contribution in [2.24, 2.45) is 0 Å². The minimum atomic E-state index is -0.423. The molecule has 5 rings (SSSR count). The van der Waals surface area contributed by atoms with E-state index >= 15 is 0 Å². The molecule has 1 amide bonds. The van der Waals surface area contributed by atoms with Gasteiger partial charge in [-0.1, -0.05) is 23.7 Å². The molecular formula is C27H23ClFN5O4. The first-order valence-corrected chi connectivity index (χ1v) is 12.0. The first kappa shape index (κ1) is 25.2. The first-order valence-electron chi connectivity index (χ1n) is 11.6. The van der Waals surface area contributed by atoms with Gasteiger partial charge in [-0.3, -0.25) is 9.48 Å². The number of halogens is 2. The van der Waals surface area contributed by atoms with Crippen LogP contribution in [0, 0.1) is 5.82 Å². The van der Waals surface area contributed by atoms with E-state index in [-0.39, 0.29) is 24.1 Å². The highest BCUT2D eigenvalue weighted by molar-refractivity contribution is 6.32. The number of fused-ring (bicyclic) bond motifs is 1. The Morgan fingerprint density at radius 2 is 1.95 bits per heavy atom. The Balaban J connectivity index is 1.45. The van der Waals surface area contributed by atoms with Crippen LogP contribution in [0.2, 0.25) is 5.02 Å². The van der Waals surface area contributed by atoms with Crippen molar-refractivity contribution in [1.29, 1.82) is 0 Å². The van der Waals surface area contributed by atoms with Gasteiger partial charge in [-0.25, -0.2) is 9.37 Å². The molecule has 9 nitrogen and oxygen atoms in total. The number of hydrogen-bond acceptors (Lipinski definition) is 6. The number of methoxy groups -OCH3 is 1. The molecule has 2 aromatic heterocycles. The normalized spacial score (nSPS) is 11.1. The van der Waals surface area contributed by atoms with Gasteiger partial charge in [0.1, 0.15) is 29.6 Å². The zero-order chi connectivity index (χ0) is 26.6. The predicted octanol–water partition coefficient (Wildman–Crippen LogP) is 4.90. The summed E-state index contributed by atoms with van der Waals surface area (Å²) in [5, 5.41) is 16.6. The van der Waals surface area contributed by atoms with Crippen LogP contribution < -0.4 is 14.8 Å². The number of H-pyrrole nitrogens is 1. The maximum atomic E-state index is 13.7. The number of aliphatic hydroxyl groups excluding tert-OH is 1. The largest absolute Gasteiger partial charge is 0.497 e. The van der Waals surface area contributed by atoms with Gasteiger partial charge >= 0.3 is 0 Å². The molecule has 38 heavy (non-hydrogen) atoms. The number of aromatic amines is 1. The second kappa shape index (κ2) is 10.9. The van der Waals surface area contributed by atoms with E-state index in [4.69, 9.17) is 26.2 Å². The highest BCUT2D eigenvalue weighted by atomic mass is 35.5. The lowest BCUT2D eigenvalue weighted by Gasteiger charge is -2.08. The van der Waals surface area contributed by atoms with E-state index in [1.165, 1.54) is 18.2 Å². The number of nitrogens with zero attached hydrogens (tertiary/aromatic N) is 3. The Hall–Kier alpha value is -4.41. The van der Waals surface area contributed by atoms with Crippen molar-refractivity contribution in [3.8, 4) is 23.0 Å². The molecule has 11 heteroatoms. The molecule has 0 aliphatic heterocycles. The Morgan fingerprint density at radius 1 is 1.13 bits per heavy atom. The van der Waals surface area contributed by atoms with E-state index in [9.17, 15) is 9.18 Å². The summed E-state index contributed by atoms with van der Waals surface area (Å²) in [5.74, 6) is 1.05. The van der Waals surface area contributed by atoms with Crippen LogP contribution >= 0.6 is 11.6 Å². The summed E-state index contributed by atoms with van der Waals surface area (Å²) >= 11 is 6.23. The molecule has 0 bridgehead atoms. The number of carbonyl (C=O) groups is 1. The lowest BCUT2D eigenvalue weighted by atomic mass is 10.2. The number of ether oxygens (including phenoxy) is 2. The Labute approximate surface area is 221 Å². The molecule has 0 spiro atoms. The molecular weight excluding hydrogens is 513 g/mol. The molecule has 0 unspecified atom stereocenters. The average Bonchev–Trinajstić information content (AvgIpc) is 3.51. The smallest absolute Gasteiger partial charge is 0.256 e. The van der Waals surface area contributed by atoms with Crippen molar-refractivity contribution in [3.05, 3.63) is 88.7 Å². The zero-order valence-electron chi connectivity index (χ0n) is 20.2. The van der Waals surface area contributed by atoms with E-state index in [1.54, 1.807) is 36.1 Å². The van der Waals surface area contributed by atoms with Crippen LogP contribution in [0.15, 0.2) is 66.7 Å². The number of benzene rings is 3. The molecule has 0 aliphatic rings. The summed E-state index contributed by atoms with van der Waals surface area (Å²) in [6.45, 7) is 0.317. The van der Waals surface area contributed by atoms with Crippen molar-refractivity contribution in [1.82, 2.24) is 19.7 Å². The molecule has 3 N–H and O–H groups in total. The number of amides is 1. The fourth-order valence-electron chi connectivity index (χ4n) is 3.90. The maximum Gasteiger partial charge on any atom is 0.256 e. The van der Waals surface area contributed by atoms with Crippen LogP contribution in [0.5, 0.6) is 11.5 Å². The van der Waals surface area contributed by atoms with Crippen LogP contribution in [0.25, 0.3) is 22.6 Å². The van der Waals surface area contributed by atoms with Gasteiger partial charge in [0.2, 0.25) is 0 Å². The van der Waals surface area contributed by atoms with Gasteiger partial charge in [-0.2, -0.15) is 5.10 Å². The second-order valence-electron chi connectivity index (χ2n) is 8.34. The number of imidazole rings is 1. The lowest BCUT2D eigenvalue weighted by Crippen LogP contribution is -2.13. The molecule has 0 saturated heterocycles. The summed E-state index contributed by atoms with van der Waals surface area (Å²) in [5.41, 5.74) is 2.99. The van der Waals surface area contributed by atoms with Crippen molar-refractivity contribution >= 4 is 34.4 Å². The van der Waals surface area contributed by atoms with E-state index in [0.29, 0.717) is 46.2 Å². The van der Waals surface area contributed by atoms with E-state index in [1.807, 2.05) is 24.3 Å². The number of carbonyl (C=O) groups excluding carboxylic acids is 1. The molecule has 5 aromatic rings. The van der Waals surface area contributed by atoms with Crippen molar-refractivity contribution in [3.63, 3.8) is 0 Å². The molecule has 3 aromatic carbocycles. The highest BCUT2D eigenvalue weighted by Crippen LogP contribution is 2.28. The third kappa shape index (κ3) is 5.46. The van der Waals surface area contributed by atoms with Crippen molar-refractivity contribution in [2.45, 2.75) is 6.54 Å². The number of rotatable bonds is 9. The molecule has 0 fully saturated rings. The average molecular weight is 536 g/mol. The molecule has 0 atom stereocenters. The number of hydrogen-bond donors (Lipinski definition) is 3. The standard InChI is InChI=1S/C27H23ClFN5O4/c1-37-19-6-2-16(3-7-19)15-34-23(26-30-21-8-5-18(29)13-22(21)31-26)14-25(33-34)32-27(36)17-4-9-24(20(28)12-17)38-11-10-35/h2-9,12-14,35H,10-11,15H2,1H3,(H,30,31)(H,32,33,36). The molecule has 0 saturated carbocycles. The fourth-order valence-corrected chi connectivity index (χ4v) is 4.13. The summed E-state index contributed by atoms with van der Waals surface area (Å²) in [7, 11) is 1.60. The minimum absolute atomic E-state index is 0.0914. The summed E-state index contributed by atoms with van der Waals surface area (Å²) in [6, 6.07) is 18.2. The Bertz CT molecular complexity index is 1600. The van der Waals surface area contributed by atoms with Crippen LogP contribution in [-0.2, 0) is 6.54 Å². The SMILES string of the molecule is COc1ccc(Cn2nc(NC(=O)c3ccc(OCCO)c(Cl)c3)cc2-c2nc3cc(F)ccc3[nH]2)cc1. The number of nitrogens with one attached hydrogen (secondary N) is 2. The number of aromatic nitrogens is 4. The zero-order valence-corrected chi connectivity index (χ0v) is 21.0. The van der Waals surface area contributed by atoms with E-state index in [0.717, 1.165) is 11.3 Å². The summed E-state index contributed by atoms with van der Waals surface area (Å²) < 4.78 is 26.0. The van der Waals surface area contributed by atoms with Gasteiger partial charge in [0.15, 0.2) is 11.6 Å². The topological polar surface area (TPSA) is 114 Å². The monoisotopic (exact) mass is 535 g/mol. The quantitative estimate of drug-likeness (QED) is 0.247. The molecule has 0 aliphatic carbocycles. The number of aliphatic hydroxyl groups is 1. The third-order valence-electron chi connectivity index (χ3n) is 5.74. The van der Waals surface area contributed by atoms with Gasteiger partial charge in [0.25, 0.3) is 5.91 Å². The van der Waals surface area contributed by atoms with Gasteiger partial charge in [-0.05, 0) is 48.0 Å². The van der Waals surface area contributed by atoms with Crippen molar-refractivity contribution in [2.75, 3.05) is 25.6 Å². The van der Waals surface area contributed by atoms with Gasteiger partial charge < -0.3 is 24.9 Å². The predicted molar refractivity (Wildman–Crippen MR) is 141 cm³/mol. The van der Waals surface area contributed by atoms with Crippen LogP contribution in [0.4, 0.5) is 10.2 Å². The Morgan fingerprint density at radius 3 is 2.68 bits per heavy atom. The van der Waals surface area contributed by atoms with E-state index < -0.39 is 5.91 Å². The fraction of sp³-hybridized carbons (Fsp3) is 0.148. The van der Waals surface area contributed by atoms with E-state index in [2.05, 4.69) is 20.4 Å². The summed E-state index contributed by atoms with van der Waals surface area (Å²) in [6.07, 6.45) is 0. The van der Waals surface area contributed by atoms with Crippen LogP contribution in [0.1, 0.15) is 15.9 Å². The van der Waals surface area contributed by atoms with Gasteiger partial charge in [0.05, 0.1) is 36.3 Å². The highest BCUT2D eigenvalue weighted by Gasteiger charge is 2.18. The van der Waals surface area contributed by atoms with Gasteiger partial charge in [0, 0.05) is 17.7 Å². The first-order chi connectivity index (χ1) is 18.4. The lowest BCUT2D eigenvalue weighted by molar-refractivity contribution is 0.102. The van der Waals surface area contributed by atoms with Crippen molar-refractivity contribution < 1.29 is 23.8 Å². The maximum absolute atomic E-state index is 13.7. The Kier molecular flexibility index (Phi) is 7.25. The second-order valence-corrected chi connectivity index (χ2v) is 8.75. The van der Waals surface area contributed by atoms with Crippen LogP contribution in [-0.4, -0.2) is 51.1 Å². The minimum Gasteiger partial charge on any atom is -0.497 e. The number of anilines is 1. The van der Waals surface area contributed by atoms with Gasteiger partial charge in [-0.15, -0.1) is 0 Å².